The second kappa shape index (κ2) is 8.37. The number of hydrogen-bond acceptors (Lipinski definition) is 4. The van der Waals surface area contributed by atoms with Crippen LogP contribution >= 0.6 is 34.7 Å². The molecule has 3 aromatic rings. The third-order valence-corrected chi connectivity index (χ3v) is 6.46. The largest absolute Gasteiger partial charge is 0.298 e. The lowest BCUT2D eigenvalue weighted by atomic mass is 10.1. The van der Waals surface area contributed by atoms with Crippen molar-refractivity contribution >= 4 is 34.7 Å². The fourth-order valence-electron chi connectivity index (χ4n) is 2.48. The van der Waals surface area contributed by atoms with E-state index in [9.17, 15) is 4.39 Å². The van der Waals surface area contributed by atoms with Gasteiger partial charge in [0, 0.05) is 38.7 Å². The van der Waals surface area contributed by atoms with E-state index < -0.39 is 0 Å². The van der Waals surface area contributed by atoms with Crippen LogP contribution in [0.3, 0.4) is 0 Å². The predicted octanol–water partition coefficient (Wildman–Crippen LogP) is 6.40. The van der Waals surface area contributed by atoms with Gasteiger partial charge in [-0.2, -0.15) is 0 Å². The van der Waals surface area contributed by atoms with Gasteiger partial charge in [-0.3, -0.25) is 4.57 Å². The van der Waals surface area contributed by atoms with Crippen molar-refractivity contribution < 1.29 is 4.39 Å². The van der Waals surface area contributed by atoms with Gasteiger partial charge < -0.3 is 0 Å². The lowest BCUT2D eigenvalue weighted by Gasteiger charge is -2.08. The van der Waals surface area contributed by atoms with Crippen LogP contribution in [-0.2, 0) is 12.3 Å². The second-order valence-corrected chi connectivity index (χ2v) is 8.38. The van der Waals surface area contributed by atoms with E-state index in [1.54, 1.807) is 23.5 Å². The minimum atomic E-state index is -0.306. The van der Waals surface area contributed by atoms with Crippen molar-refractivity contribution in [1.29, 1.82) is 0 Å². The first-order chi connectivity index (χ1) is 12.5. The van der Waals surface area contributed by atoms with E-state index in [0.29, 0.717) is 28.8 Å². The first kappa shape index (κ1) is 19.1. The van der Waals surface area contributed by atoms with Crippen LogP contribution in [0.4, 0.5) is 4.39 Å². The van der Waals surface area contributed by atoms with E-state index >= 15 is 0 Å². The number of nitrogens with zero attached hydrogens (tertiary/aromatic N) is 3. The zero-order valence-corrected chi connectivity index (χ0v) is 17.0. The first-order valence-corrected chi connectivity index (χ1v) is 10.4. The SMILES string of the molecule is C=CCn1c(SCc2c(F)cccc2Cl)nnc1-c1csc(C(C)C)c1. The summed E-state index contributed by atoms with van der Waals surface area (Å²) in [5.41, 5.74) is 1.52. The third kappa shape index (κ3) is 4.03. The Labute approximate surface area is 165 Å². The summed E-state index contributed by atoms with van der Waals surface area (Å²) in [6, 6.07) is 6.87. The summed E-state index contributed by atoms with van der Waals surface area (Å²) in [7, 11) is 0. The van der Waals surface area contributed by atoms with Crippen molar-refractivity contribution in [3.05, 3.63) is 63.6 Å². The average Bonchev–Trinajstić information content (AvgIpc) is 3.22. The van der Waals surface area contributed by atoms with Crippen LogP contribution in [0.5, 0.6) is 0 Å². The molecule has 26 heavy (non-hydrogen) atoms. The van der Waals surface area contributed by atoms with Gasteiger partial charge in [0.2, 0.25) is 0 Å². The molecule has 0 atom stereocenters. The van der Waals surface area contributed by atoms with Crippen LogP contribution in [0.2, 0.25) is 5.02 Å². The molecule has 0 aliphatic heterocycles. The van der Waals surface area contributed by atoms with Gasteiger partial charge >= 0.3 is 0 Å². The maximum absolute atomic E-state index is 14.0. The molecule has 0 spiro atoms. The summed E-state index contributed by atoms with van der Waals surface area (Å²) in [5.74, 6) is 1.36. The summed E-state index contributed by atoms with van der Waals surface area (Å²) in [6.45, 7) is 8.75. The van der Waals surface area contributed by atoms with Crippen LogP contribution in [0.25, 0.3) is 11.4 Å². The van der Waals surface area contributed by atoms with Gasteiger partial charge in [-0.25, -0.2) is 4.39 Å². The molecular formula is C19H19ClFN3S2. The standard InChI is InChI=1S/C19H19ClFN3S2/c1-4-8-24-18(13-9-17(12(2)3)25-10-13)22-23-19(24)26-11-14-15(20)6-5-7-16(14)21/h4-7,9-10,12H,1,8,11H2,2-3H3. The lowest BCUT2D eigenvalue weighted by Crippen LogP contribution is -2.00. The molecular weight excluding hydrogens is 389 g/mol. The van der Waals surface area contributed by atoms with E-state index in [4.69, 9.17) is 11.6 Å². The Balaban J connectivity index is 1.88. The monoisotopic (exact) mass is 407 g/mol. The molecule has 0 bridgehead atoms. The Morgan fingerprint density at radius 2 is 2.19 bits per heavy atom. The Kier molecular flexibility index (Phi) is 6.16. The van der Waals surface area contributed by atoms with Crippen LogP contribution in [0, 0.1) is 5.82 Å². The molecule has 0 radical (unpaired) electrons. The van der Waals surface area contributed by atoms with Crippen molar-refractivity contribution in [2.75, 3.05) is 0 Å². The van der Waals surface area contributed by atoms with Gasteiger partial charge in [-0.1, -0.05) is 49.4 Å². The Bertz CT molecular complexity index is 897. The summed E-state index contributed by atoms with van der Waals surface area (Å²) in [5, 5.41) is 11.9. The first-order valence-electron chi connectivity index (χ1n) is 8.19. The van der Waals surface area contributed by atoms with E-state index in [1.807, 2.05) is 10.6 Å². The maximum atomic E-state index is 14.0. The highest BCUT2D eigenvalue weighted by molar-refractivity contribution is 7.98. The summed E-state index contributed by atoms with van der Waals surface area (Å²) in [6.07, 6.45) is 1.81. The van der Waals surface area contributed by atoms with E-state index in [1.165, 1.54) is 22.7 Å². The second-order valence-electron chi connectivity index (χ2n) is 6.09. The zero-order valence-electron chi connectivity index (χ0n) is 14.6. The van der Waals surface area contributed by atoms with Crippen LogP contribution in [0.15, 0.2) is 47.5 Å². The number of allylic oxidation sites excluding steroid dienone is 1. The number of hydrogen-bond donors (Lipinski definition) is 0. The number of halogens is 2. The summed E-state index contributed by atoms with van der Waals surface area (Å²) in [4.78, 5) is 1.31. The molecule has 0 saturated carbocycles. The smallest absolute Gasteiger partial charge is 0.192 e. The van der Waals surface area contributed by atoms with Crippen molar-refractivity contribution in [2.45, 2.75) is 37.2 Å². The van der Waals surface area contributed by atoms with Crippen molar-refractivity contribution in [1.82, 2.24) is 14.8 Å². The molecule has 0 saturated heterocycles. The molecule has 2 aromatic heterocycles. The minimum absolute atomic E-state index is 0.306. The fraction of sp³-hybridized carbons (Fsp3) is 0.263. The van der Waals surface area contributed by atoms with Crippen molar-refractivity contribution in [3.8, 4) is 11.4 Å². The maximum Gasteiger partial charge on any atom is 0.192 e. The van der Waals surface area contributed by atoms with Crippen LogP contribution < -0.4 is 0 Å². The van der Waals surface area contributed by atoms with E-state index in [-0.39, 0.29) is 5.82 Å². The Morgan fingerprint density at radius 3 is 2.85 bits per heavy atom. The highest BCUT2D eigenvalue weighted by Crippen LogP contribution is 2.33. The molecule has 0 aliphatic rings. The normalized spacial score (nSPS) is 11.3. The number of thioether (sulfide) groups is 1. The minimum Gasteiger partial charge on any atom is -0.298 e. The summed E-state index contributed by atoms with van der Waals surface area (Å²) >= 11 is 9.26. The molecule has 2 heterocycles. The Hall–Kier alpha value is -1.63. The zero-order chi connectivity index (χ0) is 18.7. The van der Waals surface area contributed by atoms with Gasteiger partial charge in [0.25, 0.3) is 0 Å². The number of benzene rings is 1. The molecule has 136 valence electrons. The highest BCUT2D eigenvalue weighted by Gasteiger charge is 2.17. The van der Waals surface area contributed by atoms with E-state index in [0.717, 1.165) is 16.5 Å². The summed E-state index contributed by atoms with van der Waals surface area (Å²) < 4.78 is 16.0. The molecule has 0 unspecified atom stereocenters. The molecule has 0 fully saturated rings. The van der Waals surface area contributed by atoms with Crippen molar-refractivity contribution in [2.24, 2.45) is 0 Å². The van der Waals surface area contributed by atoms with Gasteiger partial charge in [0.15, 0.2) is 11.0 Å². The van der Waals surface area contributed by atoms with Crippen molar-refractivity contribution in [3.63, 3.8) is 0 Å². The number of thiophene rings is 1. The number of aromatic nitrogens is 3. The fourth-order valence-corrected chi connectivity index (χ4v) is 4.68. The lowest BCUT2D eigenvalue weighted by molar-refractivity contribution is 0.617. The van der Waals surface area contributed by atoms with E-state index in [2.05, 4.69) is 42.1 Å². The predicted molar refractivity (Wildman–Crippen MR) is 109 cm³/mol. The third-order valence-electron chi connectivity index (χ3n) is 3.88. The quantitative estimate of drug-likeness (QED) is 0.335. The van der Waals surface area contributed by atoms with Crippen LogP contribution in [-0.4, -0.2) is 14.8 Å². The Morgan fingerprint density at radius 1 is 1.38 bits per heavy atom. The van der Waals surface area contributed by atoms with Gasteiger partial charge in [0.05, 0.1) is 0 Å². The molecule has 3 nitrogen and oxygen atoms in total. The molecule has 0 aliphatic carbocycles. The van der Waals surface area contributed by atoms with Gasteiger partial charge in [0.1, 0.15) is 5.82 Å². The molecule has 0 N–H and O–H groups in total. The average molecular weight is 408 g/mol. The topological polar surface area (TPSA) is 30.7 Å². The van der Waals surface area contributed by atoms with Crippen LogP contribution in [0.1, 0.15) is 30.2 Å². The van der Waals surface area contributed by atoms with Gasteiger partial charge in [-0.15, -0.1) is 28.1 Å². The molecule has 1 aromatic carbocycles. The molecule has 7 heteroatoms. The number of rotatable bonds is 7. The molecule has 0 amide bonds. The van der Waals surface area contributed by atoms with Gasteiger partial charge in [-0.05, 0) is 24.1 Å². The molecule has 3 rings (SSSR count). The highest BCUT2D eigenvalue weighted by atomic mass is 35.5.